The van der Waals surface area contributed by atoms with Crippen molar-refractivity contribution in [3.8, 4) is 17.0 Å². The summed E-state index contributed by atoms with van der Waals surface area (Å²) in [6.45, 7) is 0. The number of carboxylic acids is 1. The molecule has 0 unspecified atom stereocenters. The van der Waals surface area contributed by atoms with Gasteiger partial charge in [-0.15, -0.1) is 11.3 Å². The number of hydrogen-bond acceptors (Lipinski definition) is 4. The van der Waals surface area contributed by atoms with Crippen molar-refractivity contribution in [2.45, 2.75) is 0 Å². The van der Waals surface area contributed by atoms with Crippen LogP contribution in [-0.4, -0.2) is 27.6 Å². The molecule has 2 aromatic heterocycles. The largest absolute Gasteiger partial charge is 0.496 e. The first-order valence-corrected chi connectivity index (χ1v) is 7.83. The van der Waals surface area contributed by atoms with Gasteiger partial charge in [-0.25, -0.2) is 9.78 Å². The zero-order chi connectivity index (χ0) is 16.0. The van der Waals surface area contributed by atoms with Crippen molar-refractivity contribution >= 4 is 33.0 Å². The summed E-state index contributed by atoms with van der Waals surface area (Å²) in [5.74, 6) is -0.209. The fourth-order valence-electron chi connectivity index (χ4n) is 2.75. The molecule has 0 aliphatic carbocycles. The number of ether oxygens (including phenoxy) is 1. The maximum absolute atomic E-state index is 11.1. The Bertz CT molecular complexity index is 1050. The molecule has 0 atom stereocenters. The Balaban J connectivity index is 2.01. The molecule has 0 bridgehead atoms. The second kappa shape index (κ2) is 5.10. The molecule has 5 nitrogen and oxygen atoms in total. The van der Waals surface area contributed by atoms with Gasteiger partial charge in [-0.3, -0.25) is 4.40 Å². The summed E-state index contributed by atoms with van der Waals surface area (Å²) in [4.78, 5) is 15.9. The number of fused-ring (bicyclic) bond motifs is 2. The molecule has 4 aromatic rings. The van der Waals surface area contributed by atoms with E-state index in [4.69, 9.17) is 9.84 Å². The van der Waals surface area contributed by atoms with E-state index in [1.54, 1.807) is 13.3 Å². The van der Waals surface area contributed by atoms with Gasteiger partial charge in [0, 0.05) is 22.5 Å². The molecule has 0 aliphatic heterocycles. The van der Waals surface area contributed by atoms with Crippen LogP contribution in [0, 0.1) is 0 Å². The van der Waals surface area contributed by atoms with Crippen molar-refractivity contribution in [3.63, 3.8) is 0 Å². The summed E-state index contributed by atoms with van der Waals surface area (Å²) in [5, 5.41) is 13.2. The third kappa shape index (κ3) is 2.07. The van der Waals surface area contributed by atoms with Gasteiger partial charge in [0.25, 0.3) is 0 Å². The molecule has 0 amide bonds. The number of carboxylic acid groups (broad SMARTS) is 1. The number of benzene rings is 2. The van der Waals surface area contributed by atoms with Crippen LogP contribution in [0.1, 0.15) is 10.5 Å². The van der Waals surface area contributed by atoms with Crippen LogP contribution in [0.5, 0.6) is 5.75 Å². The quantitative estimate of drug-likeness (QED) is 0.620. The Morgan fingerprint density at radius 2 is 2.00 bits per heavy atom. The smallest absolute Gasteiger partial charge is 0.356 e. The SMILES string of the molecule is COc1ccc(-c2csc3nc(C(=O)O)cn23)c2ccccc12. The molecular formula is C17H12N2O3S. The van der Waals surface area contributed by atoms with Crippen molar-refractivity contribution in [2.24, 2.45) is 0 Å². The molecule has 0 aliphatic rings. The number of hydrogen-bond donors (Lipinski definition) is 1. The molecule has 0 saturated heterocycles. The van der Waals surface area contributed by atoms with Crippen LogP contribution in [0.4, 0.5) is 0 Å². The maximum Gasteiger partial charge on any atom is 0.356 e. The zero-order valence-electron chi connectivity index (χ0n) is 12.2. The summed E-state index contributed by atoms with van der Waals surface area (Å²) >= 11 is 1.42. The van der Waals surface area contributed by atoms with E-state index in [-0.39, 0.29) is 5.69 Å². The first-order valence-electron chi connectivity index (χ1n) is 6.95. The molecule has 1 N–H and O–H groups in total. The van der Waals surface area contributed by atoms with E-state index < -0.39 is 5.97 Å². The van der Waals surface area contributed by atoms with Gasteiger partial charge >= 0.3 is 5.97 Å². The molecule has 114 valence electrons. The van der Waals surface area contributed by atoms with E-state index in [1.165, 1.54) is 11.3 Å². The van der Waals surface area contributed by atoms with Gasteiger partial charge < -0.3 is 9.84 Å². The lowest BCUT2D eigenvalue weighted by Crippen LogP contribution is -1.95. The van der Waals surface area contributed by atoms with E-state index in [1.807, 2.05) is 46.2 Å². The van der Waals surface area contributed by atoms with Gasteiger partial charge in [-0.1, -0.05) is 24.3 Å². The van der Waals surface area contributed by atoms with Crippen LogP contribution >= 0.6 is 11.3 Å². The molecule has 2 aromatic carbocycles. The highest BCUT2D eigenvalue weighted by molar-refractivity contribution is 7.15. The molecule has 0 saturated carbocycles. The van der Waals surface area contributed by atoms with E-state index in [0.29, 0.717) is 4.96 Å². The molecule has 0 fully saturated rings. The van der Waals surface area contributed by atoms with Crippen molar-refractivity contribution in [3.05, 3.63) is 53.7 Å². The average molecular weight is 324 g/mol. The van der Waals surface area contributed by atoms with Gasteiger partial charge in [0.05, 0.1) is 12.8 Å². The second-order valence-electron chi connectivity index (χ2n) is 5.07. The number of aromatic carboxylic acids is 1. The summed E-state index contributed by atoms with van der Waals surface area (Å²) in [7, 11) is 1.65. The predicted molar refractivity (Wildman–Crippen MR) is 89.5 cm³/mol. The molecule has 0 spiro atoms. The van der Waals surface area contributed by atoms with Gasteiger partial charge in [0.2, 0.25) is 0 Å². The summed E-state index contributed by atoms with van der Waals surface area (Å²) in [6.07, 6.45) is 1.56. The molecular weight excluding hydrogens is 312 g/mol. The first kappa shape index (κ1) is 13.8. The molecule has 0 radical (unpaired) electrons. The van der Waals surface area contributed by atoms with E-state index in [9.17, 15) is 4.79 Å². The van der Waals surface area contributed by atoms with E-state index in [0.717, 1.165) is 27.8 Å². The van der Waals surface area contributed by atoms with Gasteiger partial charge in [0.1, 0.15) is 5.75 Å². The molecule has 4 rings (SSSR count). The number of imidazole rings is 1. The van der Waals surface area contributed by atoms with Gasteiger partial charge in [-0.05, 0) is 17.5 Å². The third-order valence-electron chi connectivity index (χ3n) is 3.81. The van der Waals surface area contributed by atoms with Gasteiger partial charge in [-0.2, -0.15) is 0 Å². The first-order chi connectivity index (χ1) is 11.2. The van der Waals surface area contributed by atoms with Crippen molar-refractivity contribution in [1.82, 2.24) is 9.38 Å². The van der Waals surface area contributed by atoms with E-state index >= 15 is 0 Å². The Kier molecular flexibility index (Phi) is 3.06. The normalized spacial score (nSPS) is 11.2. The molecule has 6 heteroatoms. The molecule has 2 heterocycles. The average Bonchev–Trinajstić information content (AvgIpc) is 3.14. The minimum atomic E-state index is -1.02. The minimum Gasteiger partial charge on any atom is -0.496 e. The van der Waals surface area contributed by atoms with Crippen LogP contribution < -0.4 is 4.74 Å². The lowest BCUT2D eigenvalue weighted by Gasteiger charge is -2.10. The lowest BCUT2D eigenvalue weighted by molar-refractivity contribution is 0.0691. The number of carbonyl (C=O) groups is 1. The fourth-order valence-corrected chi connectivity index (χ4v) is 3.63. The van der Waals surface area contributed by atoms with E-state index in [2.05, 4.69) is 4.98 Å². The maximum atomic E-state index is 11.1. The monoisotopic (exact) mass is 324 g/mol. The Labute approximate surface area is 135 Å². The highest BCUT2D eigenvalue weighted by atomic mass is 32.1. The van der Waals surface area contributed by atoms with Crippen molar-refractivity contribution in [2.75, 3.05) is 7.11 Å². The van der Waals surface area contributed by atoms with Gasteiger partial charge in [0.15, 0.2) is 10.7 Å². The van der Waals surface area contributed by atoms with Crippen LogP contribution in [0.25, 0.3) is 27.0 Å². The second-order valence-corrected chi connectivity index (χ2v) is 5.90. The Hall–Kier alpha value is -2.86. The number of thiazole rings is 1. The third-order valence-corrected chi connectivity index (χ3v) is 4.65. The highest BCUT2D eigenvalue weighted by Gasteiger charge is 2.16. The van der Waals surface area contributed by atoms with Crippen LogP contribution in [-0.2, 0) is 0 Å². The summed E-state index contributed by atoms with van der Waals surface area (Å²) in [5.41, 5.74) is 1.99. The number of rotatable bonds is 3. The number of methoxy groups -OCH3 is 1. The summed E-state index contributed by atoms with van der Waals surface area (Å²) < 4.78 is 7.25. The molecule has 23 heavy (non-hydrogen) atoms. The predicted octanol–water partition coefficient (Wildman–Crippen LogP) is 3.92. The fraction of sp³-hybridized carbons (Fsp3) is 0.0588. The summed E-state index contributed by atoms with van der Waals surface area (Å²) in [6, 6.07) is 11.9. The Morgan fingerprint density at radius 3 is 2.74 bits per heavy atom. The zero-order valence-corrected chi connectivity index (χ0v) is 13.0. The minimum absolute atomic E-state index is 0.0518. The number of nitrogens with zero attached hydrogens (tertiary/aromatic N) is 2. The highest BCUT2D eigenvalue weighted by Crippen LogP contribution is 2.36. The number of aromatic nitrogens is 2. The van der Waals surface area contributed by atoms with Crippen molar-refractivity contribution in [1.29, 1.82) is 0 Å². The topological polar surface area (TPSA) is 63.8 Å². The Morgan fingerprint density at radius 1 is 1.22 bits per heavy atom. The van der Waals surface area contributed by atoms with Crippen LogP contribution in [0.3, 0.4) is 0 Å². The van der Waals surface area contributed by atoms with Crippen LogP contribution in [0.2, 0.25) is 0 Å². The standard InChI is InChI=1S/C17H12N2O3S/c1-22-15-7-6-11(10-4-2-3-5-12(10)15)14-9-23-17-18-13(16(20)21)8-19(14)17/h2-9H,1H3,(H,20,21). The van der Waals surface area contributed by atoms with Crippen molar-refractivity contribution < 1.29 is 14.6 Å². The lowest BCUT2D eigenvalue weighted by atomic mass is 10.0. The van der Waals surface area contributed by atoms with Crippen LogP contribution in [0.15, 0.2) is 48.0 Å².